The van der Waals surface area contributed by atoms with E-state index in [0.717, 1.165) is 38.3 Å². The second-order valence-corrected chi connectivity index (χ2v) is 3.95. The SMILES string of the molecule is O=C(O)c1cccc(N2CCCNCC2)c1. The summed E-state index contributed by atoms with van der Waals surface area (Å²) < 4.78 is 0. The Labute approximate surface area is 94.9 Å². The van der Waals surface area contributed by atoms with Crippen LogP contribution in [0, 0.1) is 0 Å². The first kappa shape index (κ1) is 11.0. The number of hydrogen-bond donors (Lipinski definition) is 2. The highest BCUT2D eigenvalue weighted by atomic mass is 16.4. The van der Waals surface area contributed by atoms with E-state index in [4.69, 9.17) is 5.11 Å². The smallest absolute Gasteiger partial charge is 0.335 e. The summed E-state index contributed by atoms with van der Waals surface area (Å²) in [6, 6.07) is 7.14. The number of hydrogen-bond acceptors (Lipinski definition) is 3. The highest BCUT2D eigenvalue weighted by molar-refractivity contribution is 5.88. The third kappa shape index (κ3) is 2.52. The van der Waals surface area contributed by atoms with Gasteiger partial charge in [0.05, 0.1) is 5.56 Å². The van der Waals surface area contributed by atoms with Gasteiger partial charge in [-0.25, -0.2) is 4.79 Å². The number of benzene rings is 1. The largest absolute Gasteiger partial charge is 0.478 e. The molecule has 0 radical (unpaired) electrons. The molecule has 16 heavy (non-hydrogen) atoms. The molecule has 86 valence electrons. The van der Waals surface area contributed by atoms with Gasteiger partial charge in [-0.2, -0.15) is 0 Å². The topological polar surface area (TPSA) is 52.6 Å². The third-order valence-electron chi connectivity index (χ3n) is 2.80. The number of anilines is 1. The van der Waals surface area contributed by atoms with Crippen LogP contribution in [-0.4, -0.2) is 37.3 Å². The van der Waals surface area contributed by atoms with Crippen molar-refractivity contribution in [2.45, 2.75) is 6.42 Å². The number of carboxylic acids is 1. The van der Waals surface area contributed by atoms with Crippen molar-refractivity contribution in [1.82, 2.24) is 5.32 Å². The van der Waals surface area contributed by atoms with E-state index in [9.17, 15) is 4.79 Å². The fourth-order valence-corrected chi connectivity index (χ4v) is 1.94. The monoisotopic (exact) mass is 220 g/mol. The average Bonchev–Trinajstić information content (AvgIpc) is 2.57. The predicted octanol–water partition coefficient (Wildman–Crippen LogP) is 1.18. The van der Waals surface area contributed by atoms with Gasteiger partial charge in [0, 0.05) is 25.3 Å². The fourth-order valence-electron chi connectivity index (χ4n) is 1.94. The average molecular weight is 220 g/mol. The molecule has 0 atom stereocenters. The van der Waals surface area contributed by atoms with Gasteiger partial charge in [-0.1, -0.05) is 6.07 Å². The molecule has 1 fully saturated rings. The van der Waals surface area contributed by atoms with Gasteiger partial charge in [0.2, 0.25) is 0 Å². The molecule has 1 aliphatic rings. The highest BCUT2D eigenvalue weighted by Gasteiger charge is 2.11. The molecular formula is C12H16N2O2. The molecule has 0 unspecified atom stereocenters. The van der Waals surface area contributed by atoms with Gasteiger partial charge in [-0.15, -0.1) is 0 Å². The summed E-state index contributed by atoms with van der Waals surface area (Å²) in [4.78, 5) is 13.1. The van der Waals surface area contributed by atoms with Gasteiger partial charge in [0.1, 0.15) is 0 Å². The van der Waals surface area contributed by atoms with Gasteiger partial charge < -0.3 is 15.3 Å². The van der Waals surface area contributed by atoms with Crippen LogP contribution in [0.5, 0.6) is 0 Å². The van der Waals surface area contributed by atoms with Gasteiger partial charge in [-0.3, -0.25) is 0 Å². The molecule has 4 nitrogen and oxygen atoms in total. The molecule has 1 aromatic carbocycles. The van der Waals surface area contributed by atoms with Crippen LogP contribution in [0.3, 0.4) is 0 Å². The summed E-state index contributed by atoms with van der Waals surface area (Å²) in [6.45, 7) is 3.91. The summed E-state index contributed by atoms with van der Waals surface area (Å²) in [7, 11) is 0. The Morgan fingerprint density at radius 2 is 2.19 bits per heavy atom. The molecule has 1 aliphatic heterocycles. The standard InChI is InChI=1S/C12H16N2O2/c15-12(16)10-3-1-4-11(9-10)14-7-2-5-13-6-8-14/h1,3-4,9,13H,2,5-8H2,(H,15,16). The summed E-state index contributed by atoms with van der Waals surface area (Å²) >= 11 is 0. The lowest BCUT2D eigenvalue weighted by Crippen LogP contribution is -2.27. The van der Waals surface area contributed by atoms with Crippen LogP contribution in [0.2, 0.25) is 0 Å². The van der Waals surface area contributed by atoms with Crippen molar-refractivity contribution in [2.24, 2.45) is 0 Å². The van der Waals surface area contributed by atoms with Crippen LogP contribution < -0.4 is 10.2 Å². The van der Waals surface area contributed by atoms with E-state index >= 15 is 0 Å². The molecule has 1 saturated heterocycles. The Morgan fingerprint density at radius 3 is 3.00 bits per heavy atom. The van der Waals surface area contributed by atoms with E-state index in [-0.39, 0.29) is 0 Å². The Hall–Kier alpha value is -1.55. The molecule has 0 spiro atoms. The minimum Gasteiger partial charge on any atom is -0.478 e. The van der Waals surface area contributed by atoms with Crippen molar-refractivity contribution in [1.29, 1.82) is 0 Å². The second-order valence-electron chi connectivity index (χ2n) is 3.95. The van der Waals surface area contributed by atoms with Crippen molar-refractivity contribution in [2.75, 3.05) is 31.1 Å². The van der Waals surface area contributed by atoms with Crippen molar-refractivity contribution >= 4 is 11.7 Å². The van der Waals surface area contributed by atoms with Crippen molar-refractivity contribution in [3.05, 3.63) is 29.8 Å². The van der Waals surface area contributed by atoms with Crippen LogP contribution in [0.1, 0.15) is 16.8 Å². The lowest BCUT2D eigenvalue weighted by molar-refractivity contribution is 0.0697. The first-order valence-electron chi connectivity index (χ1n) is 5.56. The highest BCUT2D eigenvalue weighted by Crippen LogP contribution is 2.17. The third-order valence-corrected chi connectivity index (χ3v) is 2.80. The lowest BCUT2D eigenvalue weighted by Gasteiger charge is -2.22. The fraction of sp³-hybridized carbons (Fsp3) is 0.417. The van der Waals surface area contributed by atoms with Gasteiger partial charge in [0.15, 0.2) is 0 Å². The molecule has 0 bridgehead atoms. The number of rotatable bonds is 2. The molecule has 0 saturated carbocycles. The summed E-state index contributed by atoms with van der Waals surface area (Å²) in [5.74, 6) is -0.866. The minimum atomic E-state index is -0.866. The molecule has 0 amide bonds. The number of nitrogens with zero attached hydrogens (tertiary/aromatic N) is 1. The van der Waals surface area contributed by atoms with Crippen molar-refractivity contribution in [3.63, 3.8) is 0 Å². The lowest BCUT2D eigenvalue weighted by atomic mass is 10.2. The number of nitrogens with one attached hydrogen (secondary N) is 1. The molecule has 2 N–H and O–H groups in total. The quantitative estimate of drug-likeness (QED) is 0.786. The normalized spacial score (nSPS) is 16.9. The maximum absolute atomic E-state index is 10.9. The van der Waals surface area contributed by atoms with Gasteiger partial charge >= 0.3 is 5.97 Å². The second kappa shape index (κ2) is 4.99. The zero-order valence-electron chi connectivity index (χ0n) is 9.15. The van der Waals surface area contributed by atoms with Crippen LogP contribution in [0.25, 0.3) is 0 Å². The van der Waals surface area contributed by atoms with E-state index in [0.29, 0.717) is 5.56 Å². The van der Waals surface area contributed by atoms with Crippen LogP contribution in [0.15, 0.2) is 24.3 Å². The Morgan fingerprint density at radius 1 is 1.31 bits per heavy atom. The maximum atomic E-state index is 10.9. The minimum absolute atomic E-state index is 0.356. The Kier molecular flexibility index (Phi) is 3.41. The number of carboxylic acid groups (broad SMARTS) is 1. The van der Waals surface area contributed by atoms with E-state index in [2.05, 4.69) is 10.2 Å². The molecule has 2 rings (SSSR count). The Balaban J connectivity index is 2.18. The van der Waals surface area contributed by atoms with E-state index in [1.807, 2.05) is 6.07 Å². The summed E-state index contributed by atoms with van der Waals surface area (Å²) in [6.07, 6.45) is 1.09. The van der Waals surface area contributed by atoms with Crippen molar-refractivity contribution in [3.8, 4) is 0 Å². The van der Waals surface area contributed by atoms with E-state index in [1.165, 1.54) is 0 Å². The molecule has 0 aromatic heterocycles. The molecule has 0 aliphatic carbocycles. The Bertz CT molecular complexity index is 371. The summed E-state index contributed by atoms with van der Waals surface area (Å²) in [5, 5.41) is 12.3. The van der Waals surface area contributed by atoms with Gasteiger partial charge in [0.25, 0.3) is 0 Å². The van der Waals surface area contributed by atoms with Gasteiger partial charge in [-0.05, 0) is 31.2 Å². The van der Waals surface area contributed by atoms with E-state index < -0.39 is 5.97 Å². The van der Waals surface area contributed by atoms with E-state index in [1.54, 1.807) is 18.2 Å². The molecule has 1 aromatic rings. The first-order valence-corrected chi connectivity index (χ1v) is 5.56. The van der Waals surface area contributed by atoms with Crippen LogP contribution in [-0.2, 0) is 0 Å². The van der Waals surface area contributed by atoms with Crippen molar-refractivity contribution < 1.29 is 9.90 Å². The van der Waals surface area contributed by atoms with Crippen LogP contribution in [0.4, 0.5) is 5.69 Å². The predicted molar refractivity (Wildman–Crippen MR) is 63.1 cm³/mol. The summed E-state index contributed by atoms with van der Waals surface area (Å²) in [5.41, 5.74) is 1.36. The maximum Gasteiger partial charge on any atom is 0.335 e. The zero-order valence-corrected chi connectivity index (χ0v) is 9.15. The molecular weight excluding hydrogens is 204 g/mol. The molecule has 4 heteroatoms. The van der Waals surface area contributed by atoms with Crippen LogP contribution >= 0.6 is 0 Å². The zero-order chi connectivity index (χ0) is 11.4. The first-order chi connectivity index (χ1) is 7.77. The molecule has 1 heterocycles. The number of carbonyl (C=O) groups is 1. The number of aromatic carboxylic acids is 1.